The Labute approximate surface area is 169 Å². The average molecular weight is 411 g/mol. The maximum absolute atomic E-state index is 13.4. The molecule has 3 aromatic rings. The quantitative estimate of drug-likeness (QED) is 0.665. The summed E-state index contributed by atoms with van der Waals surface area (Å²) in [5.41, 5.74) is 8.58. The normalized spacial score (nSPS) is 16.9. The lowest BCUT2D eigenvalue weighted by Crippen LogP contribution is -2.21. The number of allylic oxidation sites excluding steroid dienone is 1. The largest absolute Gasteiger partial charge is 0.454 e. The highest BCUT2D eigenvalue weighted by atomic mass is 35.5. The van der Waals surface area contributed by atoms with Crippen LogP contribution in [-0.4, -0.2) is 17.0 Å². The number of halogens is 2. The number of aromatic nitrogens is 2. The summed E-state index contributed by atoms with van der Waals surface area (Å²) >= 11 is 6.53. The summed E-state index contributed by atoms with van der Waals surface area (Å²) in [6, 6.07) is 11.4. The number of hydrogen-bond donors (Lipinski definition) is 2. The number of nitriles is 1. The smallest absolute Gasteiger partial charge is 0.244 e. The molecule has 1 unspecified atom stereocenters. The van der Waals surface area contributed by atoms with E-state index in [0.717, 1.165) is 0 Å². The molecule has 2 aromatic carbocycles. The Morgan fingerprint density at radius 1 is 1.21 bits per heavy atom. The number of H-pyrrole nitrogens is 1. The highest BCUT2D eigenvalue weighted by Gasteiger charge is 2.37. The van der Waals surface area contributed by atoms with E-state index in [1.165, 1.54) is 12.1 Å². The summed E-state index contributed by atoms with van der Waals surface area (Å²) in [6.45, 7) is 0.0871. The topological polar surface area (TPSA) is 106 Å². The van der Waals surface area contributed by atoms with Crippen LogP contribution in [0.25, 0.3) is 11.3 Å². The number of nitrogens with two attached hydrogens (primary N) is 1. The van der Waals surface area contributed by atoms with E-state index in [-0.39, 0.29) is 29.9 Å². The number of aromatic amines is 1. The third kappa shape index (κ3) is 2.67. The molecule has 144 valence electrons. The van der Waals surface area contributed by atoms with Crippen molar-refractivity contribution < 1.29 is 18.6 Å². The van der Waals surface area contributed by atoms with E-state index >= 15 is 0 Å². The Morgan fingerprint density at radius 3 is 2.66 bits per heavy atom. The maximum Gasteiger partial charge on any atom is 0.244 e. The van der Waals surface area contributed by atoms with Crippen LogP contribution in [0.1, 0.15) is 17.0 Å². The zero-order valence-corrected chi connectivity index (χ0v) is 15.5. The fourth-order valence-electron chi connectivity index (χ4n) is 3.55. The van der Waals surface area contributed by atoms with Gasteiger partial charge in [-0.15, -0.1) is 5.10 Å². The van der Waals surface area contributed by atoms with Crippen molar-refractivity contribution in [2.24, 2.45) is 5.73 Å². The molecular formula is C20H12ClFN4O3. The highest BCUT2D eigenvalue weighted by Crippen LogP contribution is 2.49. The zero-order valence-electron chi connectivity index (χ0n) is 14.7. The summed E-state index contributed by atoms with van der Waals surface area (Å²) in [5.74, 6) is 0.170. The van der Waals surface area contributed by atoms with Gasteiger partial charge in [0.2, 0.25) is 18.6 Å². The van der Waals surface area contributed by atoms with Crippen LogP contribution >= 0.6 is 11.6 Å². The minimum absolute atomic E-state index is 0.0594. The second-order valence-electron chi connectivity index (χ2n) is 6.48. The Balaban J connectivity index is 1.75. The van der Waals surface area contributed by atoms with Crippen molar-refractivity contribution in [1.29, 1.82) is 5.26 Å². The Morgan fingerprint density at radius 2 is 1.93 bits per heavy atom. The first-order chi connectivity index (χ1) is 14.1. The molecule has 1 aromatic heterocycles. The van der Waals surface area contributed by atoms with Gasteiger partial charge in [-0.3, -0.25) is 5.10 Å². The molecule has 0 amide bonds. The van der Waals surface area contributed by atoms with Crippen LogP contribution in [0.3, 0.4) is 0 Å². The van der Waals surface area contributed by atoms with Gasteiger partial charge >= 0.3 is 0 Å². The summed E-state index contributed by atoms with van der Waals surface area (Å²) < 4.78 is 29.8. The van der Waals surface area contributed by atoms with E-state index in [9.17, 15) is 9.65 Å². The third-order valence-corrected chi connectivity index (χ3v) is 5.20. The standard InChI is InChI=1S/C20H12ClFN4O3/c21-13-6-15-14(27-8-28-15)5-11(13)16-12(7-23)19(24)29-20-17(16)18(25-26-20)9-1-3-10(22)4-2-9/h1-6,16H,8,24H2,(H,25,26). The minimum atomic E-state index is -0.662. The van der Waals surface area contributed by atoms with Crippen LogP contribution in [0.4, 0.5) is 4.39 Å². The molecule has 7 nitrogen and oxygen atoms in total. The Kier molecular flexibility index (Phi) is 3.86. The second kappa shape index (κ2) is 6.43. The molecule has 0 spiro atoms. The van der Waals surface area contributed by atoms with Gasteiger partial charge in [-0.25, -0.2) is 4.39 Å². The first-order valence-corrected chi connectivity index (χ1v) is 8.95. The molecular weight excluding hydrogens is 399 g/mol. The molecule has 0 saturated carbocycles. The van der Waals surface area contributed by atoms with Crippen molar-refractivity contribution in [2.45, 2.75) is 5.92 Å². The van der Waals surface area contributed by atoms with Gasteiger partial charge in [-0.05, 0) is 35.9 Å². The molecule has 3 heterocycles. The van der Waals surface area contributed by atoms with Crippen molar-refractivity contribution in [3.05, 3.63) is 69.8 Å². The van der Waals surface area contributed by atoms with E-state index in [4.69, 9.17) is 31.5 Å². The van der Waals surface area contributed by atoms with Crippen molar-refractivity contribution in [2.75, 3.05) is 6.79 Å². The van der Waals surface area contributed by atoms with E-state index < -0.39 is 5.92 Å². The number of ether oxygens (including phenoxy) is 3. The number of benzene rings is 2. The van der Waals surface area contributed by atoms with Crippen LogP contribution in [-0.2, 0) is 0 Å². The minimum Gasteiger partial charge on any atom is -0.454 e. The highest BCUT2D eigenvalue weighted by molar-refractivity contribution is 6.31. The zero-order chi connectivity index (χ0) is 20.1. The Bertz CT molecular complexity index is 1210. The Hall–Kier alpha value is -3.70. The summed E-state index contributed by atoms with van der Waals surface area (Å²) in [6.07, 6.45) is 0. The fourth-order valence-corrected chi connectivity index (χ4v) is 3.81. The number of nitrogens with zero attached hydrogens (tertiary/aromatic N) is 2. The molecule has 1 atom stereocenters. The SMILES string of the molecule is N#CC1=C(N)Oc2n[nH]c(-c3ccc(F)cc3)c2C1c1cc2c(cc1Cl)OCO2. The molecule has 29 heavy (non-hydrogen) atoms. The van der Waals surface area contributed by atoms with Crippen molar-refractivity contribution in [3.63, 3.8) is 0 Å². The van der Waals surface area contributed by atoms with Gasteiger partial charge in [-0.2, -0.15) is 5.26 Å². The average Bonchev–Trinajstić information content (AvgIpc) is 3.33. The molecule has 0 radical (unpaired) electrons. The molecule has 2 aliphatic rings. The van der Waals surface area contributed by atoms with Crippen LogP contribution in [0.5, 0.6) is 17.4 Å². The molecule has 0 aliphatic carbocycles. The first kappa shape index (κ1) is 17.4. The number of fused-ring (bicyclic) bond motifs is 2. The van der Waals surface area contributed by atoms with Gasteiger partial charge in [0.1, 0.15) is 17.5 Å². The van der Waals surface area contributed by atoms with Crippen LogP contribution < -0.4 is 19.9 Å². The lowest BCUT2D eigenvalue weighted by Gasteiger charge is -2.25. The third-order valence-electron chi connectivity index (χ3n) is 4.87. The van der Waals surface area contributed by atoms with Crippen molar-refractivity contribution in [1.82, 2.24) is 10.2 Å². The molecule has 5 rings (SSSR count). The molecule has 3 N–H and O–H groups in total. The second-order valence-corrected chi connectivity index (χ2v) is 6.88. The molecule has 9 heteroatoms. The van der Waals surface area contributed by atoms with Gasteiger partial charge in [0, 0.05) is 16.7 Å². The molecule has 0 fully saturated rings. The van der Waals surface area contributed by atoms with Crippen LogP contribution in [0.15, 0.2) is 47.9 Å². The molecule has 2 aliphatic heterocycles. The van der Waals surface area contributed by atoms with E-state index in [2.05, 4.69) is 16.3 Å². The van der Waals surface area contributed by atoms with Crippen LogP contribution in [0.2, 0.25) is 5.02 Å². The lowest BCUT2D eigenvalue weighted by atomic mass is 9.83. The molecule has 0 bridgehead atoms. The molecule has 0 saturated heterocycles. The van der Waals surface area contributed by atoms with Gasteiger partial charge in [0.25, 0.3) is 0 Å². The van der Waals surface area contributed by atoms with E-state index in [0.29, 0.717) is 38.9 Å². The van der Waals surface area contributed by atoms with Gasteiger partial charge < -0.3 is 19.9 Å². The summed E-state index contributed by atoms with van der Waals surface area (Å²) in [4.78, 5) is 0. The monoisotopic (exact) mass is 410 g/mol. The summed E-state index contributed by atoms with van der Waals surface area (Å²) in [5, 5.41) is 17.3. The van der Waals surface area contributed by atoms with Crippen molar-refractivity contribution in [3.8, 4) is 34.7 Å². The predicted molar refractivity (Wildman–Crippen MR) is 101 cm³/mol. The first-order valence-electron chi connectivity index (χ1n) is 8.57. The van der Waals surface area contributed by atoms with E-state index in [1.807, 2.05) is 0 Å². The number of rotatable bonds is 2. The van der Waals surface area contributed by atoms with Gasteiger partial charge in [0.05, 0.1) is 17.2 Å². The number of hydrogen-bond acceptors (Lipinski definition) is 6. The van der Waals surface area contributed by atoms with Gasteiger partial charge in [-0.1, -0.05) is 11.6 Å². The predicted octanol–water partition coefficient (Wildman–Crippen LogP) is 3.82. The van der Waals surface area contributed by atoms with E-state index in [1.54, 1.807) is 24.3 Å². The fraction of sp³-hybridized carbons (Fsp3) is 0.100. The lowest BCUT2D eigenvalue weighted by molar-refractivity contribution is 0.174. The number of nitrogens with one attached hydrogen (secondary N) is 1. The van der Waals surface area contributed by atoms with Gasteiger partial charge in [0.15, 0.2) is 11.5 Å². The van der Waals surface area contributed by atoms with Crippen molar-refractivity contribution >= 4 is 11.6 Å². The summed E-state index contributed by atoms with van der Waals surface area (Å²) in [7, 11) is 0. The van der Waals surface area contributed by atoms with Crippen LogP contribution in [0, 0.1) is 17.1 Å². The maximum atomic E-state index is 13.4.